The first-order valence-electron chi connectivity index (χ1n) is 12.0. The number of allylic oxidation sites excluding steroid dienone is 2. The normalized spacial score (nSPS) is 11.5. The van der Waals surface area contributed by atoms with E-state index in [0.29, 0.717) is 0 Å². The molecular weight excluding hydrogens is 479 g/mol. The van der Waals surface area contributed by atoms with Crippen molar-refractivity contribution in [1.29, 1.82) is 0 Å². The molecule has 1 rings (SSSR count). The van der Waals surface area contributed by atoms with Crippen molar-refractivity contribution in [3.8, 4) is 0 Å². The van der Waals surface area contributed by atoms with Crippen molar-refractivity contribution in [1.82, 2.24) is 0 Å². The van der Waals surface area contributed by atoms with Gasteiger partial charge in [-0.05, 0) is 43.9 Å². The summed E-state index contributed by atoms with van der Waals surface area (Å²) in [5, 5.41) is 0. The van der Waals surface area contributed by atoms with E-state index in [1.807, 2.05) is 12.2 Å². The maximum Gasteiger partial charge on any atom is 1.00 e. The fourth-order valence-electron chi connectivity index (χ4n) is 3.18. The van der Waals surface area contributed by atoms with Crippen LogP contribution in [0.4, 0.5) is 0 Å². The largest absolute Gasteiger partial charge is 1.00 e. The Morgan fingerprint density at radius 3 is 1.71 bits per heavy atom. The van der Waals surface area contributed by atoms with E-state index in [1.54, 1.807) is 12.2 Å². The van der Waals surface area contributed by atoms with Gasteiger partial charge >= 0.3 is 41.5 Å². The molecule has 0 heterocycles. The maximum absolute atomic E-state index is 12.5. The van der Waals surface area contributed by atoms with E-state index in [4.69, 9.17) is 9.47 Å². The summed E-state index contributed by atoms with van der Waals surface area (Å²) in [6, 6.07) is 2.94. The van der Waals surface area contributed by atoms with Crippen LogP contribution in [0.2, 0.25) is 0 Å². The number of hydrogen-bond acceptors (Lipinski definition) is 7. The molecule has 9 heteroatoms. The summed E-state index contributed by atoms with van der Waals surface area (Å²) in [6.45, 7) is 4.27. The van der Waals surface area contributed by atoms with Gasteiger partial charge in [0.2, 0.25) is 0 Å². The average Bonchev–Trinajstić information content (AvgIpc) is 2.81. The van der Waals surface area contributed by atoms with Gasteiger partial charge in [0.1, 0.15) is 23.3 Å². The van der Waals surface area contributed by atoms with Crippen LogP contribution in [0.25, 0.3) is 0 Å². The molecule has 0 bridgehead atoms. The molecule has 0 fully saturated rings. The van der Waals surface area contributed by atoms with Crippen LogP contribution in [0.15, 0.2) is 47.4 Å². The Morgan fingerprint density at radius 1 is 0.771 bits per heavy atom. The average molecular weight is 517 g/mol. The van der Waals surface area contributed by atoms with Crippen LogP contribution in [0.1, 0.15) is 98.8 Å². The summed E-state index contributed by atoms with van der Waals surface area (Å²) >= 11 is 0. The number of carbonyl (C=O) groups is 2. The predicted octanol–water partition coefficient (Wildman–Crippen LogP) is 2.96. The van der Waals surface area contributed by atoms with Crippen molar-refractivity contribution in [2.75, 3.05) is 13.2 Å². The molecule has 0 aliphatic carbocycles. The van der Waals surface area contributed by atoms with Crippen LogP contribution >= 0.6 is 0 Å². The molecule has 35 heavy (non-hydrogen) atoms. The summed E-state index contributed by atoms with van der Waals surface area (Å²) in [5.74, 6) is -1.71. The SMILES string of the molecule is CCCCCC/C=C/COC(=O)c1ccc(S(=O)(=O)[O-])cc1C(=O)OC/C=C/CCCCCC.[Na+]. The van der Waals surface area contributed by atoms with Crippen LogP contribution < -0.4 is 29.6 Å². The summed E-state index contributed by atoms with van der Waals surface area (Å²) < 4.78 is 44.5. The third-order valence-corrected chi connectivity index (χ3v) is 5.95. The quantitative estimate of drug-likeness (QED) is 0.103. The van der Waals surface area contributed by atoms with Crippen LogP contribution in [-0.2, 0) is 19.6 Å². The number of benzene rings is 1. The zero-order valence-corrected chi connectivity index (χ0v) is 24.1. The minimum atomic E-state index is -4.81. The number of unbranched alkanes of at least 4 members (excludes halogenated alkanes) is 8. The fraction of sp³-hybridized carbons (Fsp3) is 0.538. The minimum Gasteiger partial charge on any atom is -0.744 e. The first-order valence-corrected chi connectivity index (χ1v) is 13.5. The number of ether oxygens (including phenoxy) is 2. The van der Waals surface area contributed by atoms with Crippen molar-refractivity contribution >= 4 is 22.1 Å². The first kappa shape index (κ1) is 33.5. The fourth-order valence-corrected chi connectivity index (χ4v) is 3.68. The van der Waals surface area contributed by atoms with Crippen LogP contribution in [-0.4, -0.2) is 38.1 Å². The molecule has 0 aromatic heterocycles. The van der Waals surface area contributed by atoms with E-state index in [9.17, 15) is 22.6 Å². The minimum absolute atomic E-state index is 0. The summed E-state index contributed by atoms with van der Waals surface area (Å²) in [7, 11) is -4.81. The number of hydrogen-bond donors (Lipinski definition) is 0. The number of rotatable bonds is 17. The molecule has 0 aliphatic heterocycles. The summed E-state index contributed by atoms with van der Waals surface area (Å²) in [5.41, 5.74) is -0.473. The zero-order valence-electron chi connectivity index (χ0n) is 21.3. The van der Waals surface area contributed by atoms with E-state index in [1.165, 1.54) is 12.8 Å². The Kier molecular flexibility index (Phi) is 18.9. The van der Waals surface area contributed by atoms with Crippen LogP contribution in [0, 0.1) is 0 Å². The van der Waals surface area contributed by atoms with E-state index < -0.39 is 27.0 Å². The molecular formula is C26H37NaO7S. The van der Waals surface area contributed by atoms with Crippen molar-refractivity contribution in [2.24, 2.45) is 0 Å². The van der Waals surface area contributed by atoms with Gasteiger partial charge in [0.25, 0.3) is 0 Å². The van der Waals surface area contributed by atoms with Gasteiger partial charge in [0.15, 0.2) is 0 Å². The maximum atomic E-state index is 12.5. The second kappa shape index (κ2) is 19.7. The third kappa shape index (κ3) is 14.6. The van der Waals surface area contributed by atoms with Gasteiger partial charge < -0.3 is 14.0 Å². The summed E-state index contributed by atoms with van der Waals surface area (Å²) in [4.78, 5) is 24.4. The second-order valence-corrected chi connectivity index (χ2v) is 9.38. The van der Waals surface area contributed by atoms with Gasteiger partial charge in [0, 0.05) is 0 Å². The molecule has 0 saturated carbocycles. The Labute approximate surface area is 232 Å². The van der Waals surface area contributed by atoms with Gasteiger partial charge in [-0.2, -0.15) is 0 Å². The molecule has 0 unspecified atom stereocenters. The molecule has 0 aliphatic rings. The molecule has 1 aromatic rings. The summed E-state index contributed by atoms with van der Waals surface area (Å²) in [6.07, 6.45) is 18.1. The third-order valence-electron chi connectivity index (χ3n) is 5.12. The van der Waals surface area contributed by atoms with E-state index in [-0.39, 0.29) is 53.9 Å². The van der Waals surface area contributed by atoms with Gasteiger partial charge in [-0.3, -0.25) is 0 Å². The van der Waals surface area contributed by atoms with Gasteiger partial charge in [0.05, 0.1) is 16.0 Å². The van der Waals surface area contributed by atoms with E-state index in [2.05, 4.69) is 13.8 Å². The van der Waals surface area contributed by atoms with Gasteiger partial charge in [-0.25, -0.2) is 18.0 Å². The molecule has 0 saturated heterocycles. The molecule has 7 nitrogen and oxygen atoms in total. The van der Waals surface area contributed by atoms with Crippen molar-refractivity contribution in [3.63, 3.8) is 0 Å². The molecule has 0 N–H and O–H groups in total. The number of carbonyl (C=O) groups excluding carboxylic acids is 2. The van der Waals surface area contributed by atoms with Gasteiger partial charge in [-0.15, -0.1) is 0 Å². The molecule has 0 spiro atoms. The Balaban J connectivity index is 0.0000116. The van der Waals surface area contributed by atoms with E-state index >= 15 is 0 Å². The van der Waals surface area contributed by atoms with Crippen molar-refractivity contribution in [3.05, 3.63) is 53.6 Å². The first-order chi connectivity index (χ1) is 16.3. The monoisotopic (exact) mass is 516 g/mol. The Hall–Kier alpha value is -1.45. The van der Waals surface area contributed by atoms with Gasteiger partial charge in [-0.1, -0.05) is 76.7 Å². The molecule has 1 aromatic carbocycles. The molecule has 0 atom stereocenters. The van der Waals surface area contributed by atoms with Crippen LogP contribution in [0.5, 0.6) is 0 Å². The predicted molar refractivity (Wildman–Crippen MR) is 131 cm³/mol. The van der Waals surface area contributed by atoms with Crippen molar-refractivity contribution < 1.29 is 61.6 Å². The van der Waals surface area contributed by atoms with Crippen molar-refractivity contribution in [2.45, 2.75) is 83.0 Å². The second-order valence-electron chi connectivity index (χ2n) is 8.00. The topological polar surface area (TPSA) is 110 Å². The Bertz CT molecular complexity index is 924. The molecule has 190 valence electrons. The molecule has 0 radical (unpaired) electrons. The Morgan fingerprint density at radius 2 is 1.26 bits per heavy atom. The standard InChI is InChI=1S/C26H38O7S.Na/c1-3-5-7-9-11-13-15-19-32-25(27)23-18-17-22(34(29,30)31)21-24(23)26(28)33-20-16-14-12-10-8-6-4-2;/h13-18,21H,3-12,19-20H2,1-2H3,(H,29,30,31);/q;+1/p-1/b15-13+,16-14+;. The smallest absolute Gasteiger partial charge is 0.744 e. The van der Waals surface area contributed by atoms with Crippen LogP contribution in [0.3, 0.4) is 0 Å². The zero-order chi connectivity index (χ0) is 25.2. The van der Waals surface area contributed by atoms with E-state index in [0.717, 1.165) is 69.6 Å². The molecule has 0 amide bonds. The number of esters is 2.